The maximum atomic E-state index is 12.4. The Kier molecular flexibility index (Phi) is 4.68. The number of rotatable bonds is 4. The van der Waals surface area contributed by atoms with Gasteiger partial charge in [0.25, 0.3) is 0 Å². The number of amides is 1. The van der Waals surface area contributed by atoms with Gasteiger partial charge in [-0.3, -0.25) is 4.79 Å². The lowest BCUT2D eigenvalue weighted by atomic mass is 9.95. The van der Waals surface area contributed by atoms with Gasteiger partial charge in [-0.05, 0) is 30.9 Å². The van der Waals surface area contributed by atoms with Crippen molar-refractivity contribution < 1.29 is 13.2 Å². The topological polar surface area (TPSA) is 66.5 Å². The van der Waals surface area contributed by atoms with Crippen LogP contribution in [0.3, 0.4) is 0 Å². The van der Waals surface area contributed by atoms with Crippen molar-refractivity contribution in [2.45, 2.75) is 45.3 Å². The number of carbonyl (C=O) groups excluding carboxylic acids is 1. The molecule has 1 aromatic rings. The molecule has 0 aliphatic carbocycles. The summed E-state index contributed by atoms with van der Waals surface area (Å²) in [6, 6.07) is 7.05. The van der Waals surface area contributed by atoms with Gasteiger partial charge in [0.1, 0.15) is 6.04 Å². The van der Waals surface area contributed by atoms with Crippen molar-refractivity contribution in [3.05, 3.63) is 35.4 Å². The molecule has 0 bridgehead atoms. The van der Waals surface area contributed by atoms with E-state index in [0.717, 1.165) is 23.8 Å². The van der Waals surface area contributed by atoms with Crippen LogP contribution in [0, 0.1) is 0 Å². The smallest absolute Gasteiger partial charge is 0.239 e. The third kappa shape index (κ3) is 3.63. The lowest BCUT2D eigenvalue weighted by molar-refractivity contribution is -0.125. The Balaban J connectivity index is 2.31. The van der Waals surface area contributed by atoms with Crippen LogP contribution in [0.4, 0.5) is 0 Å². The minimum absolute atomic E-state index is 0.0380. The van der Waals surface area contributed by atoms with Gasteiger partial charge >= 0.3 is 0 Å². The van der Waals surface area contributed by atoms with Crippen LogP contribution < -0.4 is 5.32 Å². The lowest BCUT2D eigenvalue weighted by Gasteiger charge is -2.34. The van der Waals surface area contributed by atoms with Crippen molar-refractivity contribution >= 4 is 15.9 Å². The average molecular weight is 310 g/mol. The Labute approximate surface area is 126 Å². The van der Waals surface area contributed by atoms with E-state index in [1.54, 1.807) is 0 Å². The van der Waals surface area contributed by atoms with E-state index in [0.29, 0.717) is 6.42 Å². The molecule has 1 aliphatic rings. The molecule has 1 N–H and O–H groups in total. The third-order valence-electron chi connectivity index (χ3n) is 3.94. The van der Waals surface area contributed by atoms with Crippen molar-refractivity contribution in [2.75, 3.05) is 6.26 Å². The van der Waals surface area contributed by atoms with Gasteiger partial charge in [-0.2, -0.15) is 4.31 Å². The number of nitrogens with zero attached hydrogens (tertiary/aromatic N) is 1. The number of fused-ring (bicyclic) bond motifs is 1. The second kappa shape index (κ2) is 6.15. The largest absolute Gasteiger partial charge is 0.352 e. The highest BCUT2D eigenvalue weighted by atomic mass is 32.2. The Morgan fingerprint density at radius 1 is 1.38 bits per heavy atom. The normalized spacial score (nSPS) is 20.6. The molecule has 2 unspecified atom stereocenters. The fourth-order valence-corrected chi connectivity index (χ4v) is 3.52. The molecule has 21 heavy (non-hydrogen) atoms. The van der Waals surface area contributed by atoms with Crippen molar-refractivity contribution in [1.82, 2.24) is 9.62 Å². The highest BCUT2D eigenvalue weighted by molar-refractivity contribution is 7.88. The standard InChI is InChI=1S/C15H22N2O3S/c1-4-11(2)16-15(18)14-9-12-7-5-6-8-13(12)10-17(14)21(3,19)20/h5-8,11,14H,4,9-10H2,1-3H3,(H,16,18). The molecule has 0 saturated heterocycles. The van der Waals surface area contributed by atoms with E-state index in [-0.39, 0.29) is 18.5 Å². The summed E-state index contributed by atoms with van der Waals surface area (Å²) in [4.78, 5) is 12.4. The molecule has 1 aliphatic heterocycles. The van der Waals surface area contributed by atoms with Crippen molar-refractivity contribution in [2.24, 2.45) is 0 Å². The van der Waals surface area contributed by atoms with Gasteiger partial charge in [-0.25, -0.2) is 8.42 Å². The molecule has 2 rings (SSSR count). The molecule has 1 amide bonds. The average Bonchev–Trinajstić information content (AvgIpc) is 2.44. The van der Waals surface area contributed by atoms with E-state index in [4.69, 9.17) is 0 Å². The van der Waals surface area contributed by atoms with Gasteiger partial charge in [0.05, 0.1) is 6.26 Å². The van der Waals surface area contributed by atoms with Crippen molar-refractivity contribution in [3.8, 4) is 0 Å². The zero-order valence-electron chi connectivity index (χ0n) is 12.7. The Hall–Kier alpha value is -1.40. The molecular weight excluding hydrogens is 288 g/mol. The molecule has 0 aromatic heterocycles. The van der Waals surface area contributed by atoms with E-state index < -0.39 is 16.1 Å². The number of carbonyl (C=O) groups is 1. The zero-order valence-corrected chi connectivity index (χ0v) is 13.5. The maximum Gasteiger partial charge on any atom is 0.239 e. The summed E-state index contributed by atoms with van der Waals surface area (Å²) in [6.07, 6.45) is 2.39. The minimum atomic E-state index is -3.43. The molecule has 1 heterocycles. The lowest BCUT2D eigenvalue weighted by Crippen LogP contribution is -2.53. The summed E-state index contributed by atoms with van der Waals surface area (Å²) in [6.45, 7) is 4.16. The molecule has 116 valence electrons. The van der Waals surface area contributed by atoms with Crippen LogP contribution in [0.1, 0.15) is 31.4 Å². The zero-order chi connectivity index (χ0) is 15.6. The van der Waals surface area contributed by atoms with Gasteiger partial charge in [-0.15, -0.1) is 0 Å². The summed E-state index contributed by atoms with van der Waals surface area (Å²) in [5, 5.41) is 2.89. The van der Waals surface area contributed by atoms with Crippen LogP contribution in [0.25, 0.3) is 0 Å². The molecule has 6 heteroatoms. The number of hydrogen-bond acceptors (Lipinski definition) is 3. The molecule has 1 aromatic carbocycles. The molecule has 5 nitrogen and oxygen atoms in total. The van der Waals surface area contributed by atoms with Crippen LogP contribution in [0.15, 0.2) is 24.3 Å². The summed E-state index contributed by atoms with van der Waals surface area (Å²) < 4.78 is 25.3. The summed E-state index contributed by atoms with van der Waals surface area (Å²) >= 11 is 0. The minimum Gasteiger partial charge on any atom is -0.352 e. The van der Waals surface area contributed by atoms with E-state index in [9.17, 15) is 13.2 Å². The first-order valence-corrected chi connectivity index (χ1v) is 9.01. The maximum absolute atomic E-state index is 12.4. The van der Waals surface area contributed by atoms with Crippen LogP contribution in [0.2, 0.25) is 0 Å². The number of sulfonamides is 1. The van der Waals surface area contributed by atoms with Gasteiger partial charge in [0, 0.05) is 12.6 Å². The Bertz CT molecular complexity index is 628. The fourth-order valence-electron chi connectivity index (χ4n) is 2.51. The van der Waals surface area contributed by atoms with Crippen molar-refractivity contribution in [1.29, 1.82) is 0 Å². The molecule has 0 radical (unpaired) electrons. The van der Waals surface area contributed by atoms with E-state index in [2.05, 4.69) is 5.32 Å². The van der Waals surface area contributed by atoms with Crippen LogP contribution in [0.5, 0.6) is 0 Å². The summed E-state index contributed by atoms with van der Waals surface area (Å²) in [5.41, 5.74) is 2.01. The first kappa shape index (κ1) is 16.0. The van der Waals surface area contributed by atoms with E-state index in [1.165, 1.54) is 4.31 Å². The number of hydrogen-bond donors (Lipinski definition) is 1. The highest BCUT2D eigenvalue weighted by Crippen LogP contribution is 2.25. The Morgan fingerprint density at radius 3 is 2.57 bits per heavy atom. The molecule has 0 saturated carbocycles. The summed E-state index contributed by atoms with van der Waals surface area (Å²) in [5.74, 6) is -0.218. The predicted octanol–water partition coefficient (Wildman–Crippen LogP) is 1.29. The van der Waals surface area contributed by atoms with Crippen LogP contribution >= 0.6 is 0 Å². The van der Waals surface area contributed by atoms with Gasteiger partial charge < -0.3 is 5.32 Å². The van der Waals surface area contributed by atoms with Gasteiger partial charge in [0.2, 0.25) is 15.9 Å². The monoisotopic (exact) mass is 310 g/mol. The predicted molar refractivity (Wildman–Crippen MR) is 82.2 cm³/mol. The third-order valence-corrected chi connectivity index (χ3v) is 5.17. The molecule has 0 fully saturated rings. The van der Waals surface area contributed by atoms with Crippen molar-refractivity contribution in [3.63, 3.8) is 0 Å². The second-order valence-electron chi connectivity index (χ2n) is 5.61. The van der Waals surface area contributed by atoms with Crippen LogP contribution in [-0.4, -0.2) is 37.0 Å². The number of benzene rings is 1. The summed E-state index contributed by atoms with van der Waals surface area (Å²) in [7, 11) is -3.43. The number of nitrogens with one attached hydrogen (secondary N) is 1. The van der Waals surface area contributed by atoms with Crippen LogP contribution in [-0.2, 0) is 27.8 Å². The van der Waals surface area contributed by atoms with Gasteiger partial charge in [-0.1, -0.05) is 31.2 Å². The molecular formula is C15H22N2O3S. The molecule has 2 atom stereocenters. The quantitative estimate of drug-likeness (QED) is 0.911. The Morgan fingerprint density at radius 2 is 2.00 bits per heavy atom. The van der Waals surface area contributed by atoms with E-state index in [1.807, 2.05) is 38.1 Å². The van der Waals surface area contributed by atoms with E-state index >= 15 is 0 Å². The van der Waals surface area contributed by atoms with Gasteiger partial charge in [0.15, 0.2) is 0 Å². The second-order valence-corrected chi connectivity index (χ2v) is 7.55. The fraction of sp³-hybridized carbons (Fsp3) is 0.533. The SMILES string of the molecule is CCC(C)NC(=O)C1Cc2ccccc2CN1S(C)(=O)=O. The first-order chi connectivity index (χ1) is 9.82. The highest BCUT2D eigenvalue weighted by Gasteiger charge is 2.36. The first-order valence-electron chi connectivity index (χ1n) is 7.17. The molecule has 0 spiro atoms.